The van der Waals surface area contributed by atoms with Crippen LogP contribution in [0.5, 0.6) is 5.75 Å². The summed E-state index contributed by atoms with van der Waals surface area (Å²) in [7, 11) is 0. The van der Waals surface area contributed by atoms with E-state index in [9.17, 15) is 0 Å². The molecule has 0 unspecified atom stereocenters. The van der Waals surface area contributed by atoms with E-state index in [4.69, 9.17) is 9.94 Å². The zero-order chi connectivity index (χ0) is 9.10. The number of nitrogens with zero attached hydrogens (tertiary/aromatic N) is 1. The summed E-state index contributed by atoms with van der Waals surface area (Å²) >= 11 is 0. The van der Waals surface area contributed by atoms with Crippen LogP contribution in [0.4, 0.5) is 5.69 Å². The highest BCUT2D eigenvalue weighted by atomic mass is 16.5. The second-order valence-corrected chi connectivity index (χ2v) is 2.78. The van der Waals surface area contributed by atoms with Gasteiger partial charge in [-0.15, -0.1) is 0 Å². The van der Waals surface area contributed by atoms with Crippen LogP contribution in [0.25, 0.3) is 0 Å². The van der Waals surface area contributed by atoms with E-state index in [2.05, 4.69) is 10.5 Å². The second-order valence-electron chi connectivity index (χ2n) is 2.78. The fraction of sp³-hybridized carbons (Fsp3) is 0.222. The Hall–Kier alpha value is -1.71. The lowest BCUT2D eigenvalue weighted by atomic mass is 10.2. The van der Waals surface area contributed by atoms with Gasteiger partial charge in [-0.05, 0) is 17.7 Å². The molecule has 0 aliphatic carbocycles. The fourth-order valence-corrected chi connectivity index (χ4v) is 1.30. The summed E-state index contributed by atoms with van der Waals surface area (Å²) in [5.41, 5.74) is 1.81. The minimum absolute atomic E-state index is 0.673. The molecule has 1 aliphatic rings. The van der Waals surface area contributed by atoms with Gasteiger partial charge in [-0.1, -0.05) is 11.2 Å². The van der Waals surface area contributed by atoms with Gasteiger partial charge in [0.1, 0.15) is 12.4 Å². The molecule has 0 aromatic heterocycles. The van der Waals surface area contributed by atoms with E-state index in [-0.39, 0.29) is 0 Å². The first kappa shape index (κ1) is 7.91. The summed E-state index contributed by atoms with van der Waals surface area (Å²) in [6.45, 7) is 1.51. The second kappa shape index (κ2) is 3.35. The Morgan fingerprint density at radius 3 is 3.31 bits per heavy atom. The van der Waals surface area contributed by atoms with Crippen LogP contribution in [0.3, 0.4) is 0 Å². The Bertz CT molecular complexity index is 336. The highest BCUT2D eigenvalue weighted by Gasteiger charge is 2.08. The molecule has 13 heavy (non-hydrogen) atoms. The summed E-state index contributed by atoms with van der Waals surface area (Å²) in [5.74, 6) is 0.809. The van der Waals surface area contributed by atoms with Crippen LogP contribution < -0.4 is 10.1 Å². The van der Waals surface area contributed by atoms with Gasteiger partial charge in [-0.2, -0.15) is 0 Å². The number of ether oxygens (including phenoxy) is 1. The Morgan fingerprint density at radius 2 is 2.46 bits per heavy atom. The van der Waals surface area contributed by atoms with Gasteiger partial charge < -0.3 is 15.3 Å². The SMILES string of the molecule is ON=Cc1ccc2c(c1)OCCN2. The highest BCUT2D eigenvalue weighted by Crippen LogP contribution is 2.27. The van der Waals surface area contributed by atoms with Crippen molar-refractivity contribution in [2.75, 3.05) is 18.5 Å². The summed E-state index contributed by atoms with van der Waals surface area (Å²) in [5, 5.41) is 14.5. The van der Waals surface area contributed by atoms with Crippen molar-refractivity contribution in [3.8, 4) is 5.75 Å². The first-order chi connectivity index (χ1) is 6.40. The smallest absolute Gasteiger partial charge is 0.143 e. The van der Waals surface area contributed by atoms with Crippen molar-refractivity contribution in [3.63, 3.8) is 0 Å². The highest BCUT2D eigenvalue weighted by molar-refractivity contribution is 5.81. The van der Waals surface area contributed by atoms with Crippen LogP contribution in [-0.4, -0.2) is 24.6 Å². The molecule has 4 nitrogen and oxygen atoms in total. The topological polar surface area (TPSA) is 53.9 Å². The third kappa shape index (κ3) is 1.56. The van der Waals surface area contributed by atoms with Crippen LogP contribution >= 0.6 is 0 Å². The van der Waals surface area contributed by atoms with Gasteiger partial charge in [-0.25, -0.2) is 0 Å². The normalized spacial score (nSPS) is 14.8. The number of fused-ring (bicyclic) bond motifs is 1. The number of anilines is 1. The maximum Gasteiger partial charge on any atom is 0.143 e. The quantitative estimate of drug-likeness (QED) is 0.387. The van der Waals surface area contributed by atoms with Crippen molar-refractivity contribution >= 4 is 11.9 Å². The average Bonchev–Trinajstić information content (AvgIpc) is 2.18. The zero-order valence-corrected chi connectivity index (χ0v) is 7.03. The Morgan fingerprint density at radius 1 is 1.54 bits per heavy atom. The molecule has 0 amide bonds. The number of hydrogen-bond acceptors (Lipinski definition) is 4. The van der Waals surface area contributed by atoms with E-state index in [1.807, 2.05) is 18.2 Å². The van der Waals surface area contributed by atoms with Crippen molar-refractivity contribution in [1.29, 1.82) is 0 Å². The molecule has 4 heteroatoms. The van der Waals surface area contributed by atoms with Crippen molar-refractivity contribution in [2.45, 2.75) is 0 Å². The maximum absolute atomic E-state index is 8.34. The standard InChI is InChI=1S/C9H10N2O2/c12-11-6-7-1-2-8-9(5-7)13-4-3-10-8/h1-2,5-6,10,12H,3-4H2. The van der Waals surface area contributed by atoms with Crippen LogP contribution in [0, 0.1) is 0 Å². The summed E-state index contributed by atoms with van der Waals surface area (Å²) in [6, 6.07) is 5.60. The largest absolute Gasteiger partial charge is 0.490 e. The third-order valence-corrected chi connectivity index (χ3v) is 1.89. The molecule has 2 rings (SSSR count). The predicted molar refractivity (Wildman–Crippen MR) is 49.8 cm³/mol. The minimum atomic E-state index is 0.673. The summed E-state index contributed by atoms with van der Waals surface area (Å²) < 4.78 is 5.40. The summed E-state index contributed by atoms with van der Waals surface area (Å²) in [4.78, 5) is 0. The van der Waals surface area contributed by atoms with Crippen molar-refractivity contribution in [1.82, 2.24) is 0 Å². The van der Waals surface area contributed by atoms with Crippen LogP contribution in [0.2, 0.25) is 0 Å². The predicted octanol–water partition coefficient (Wildman–Crippen LogP) is 1.30. The molecule has 0 saturated heterocycles. The van der Waals surface area contributed by atoms with E-state index in [1.54, 1.807) is 0 Å². The molecule has 0 fully saturated rings. The first-order valence-electron chi connectivity index (χ1n) is 4.08. The van der Waals surface area contributed by atoms with Gasteiger partial charge in [0.25, 0.3) is 0 Å². The number of nitrogens with one attached hydrogen (secondary N) is 1. The van der Waals surface area contributed by atoms with Crippen LogP contribution in [0.1, 0.15) is 5.56 Å². The Labute approximate surface area is 75.8 Å². The number of hydrogen-bond donors (Lipinski definition) is 2. The lowest BCUT2D eigenvalue weighted by molar-refractivity contribution is 0.321. The Balaban J connectivity index is 2.35. The zero-order valence-electron chi connectivity index (χ0n) is 7.03. The number of rotatable bonds is 1. The molecule has 1 heterocycles. The fourth-order valence-electron chi connectivity index (χ4n) is 1.30. The van der Waals surface area contributed by atoms with Gasteiger partial charge in [0, 0.05) is 6.54 Å². The number of benzene rings is 1. The lowest BCUT2D eigenvalue weighted by Crippen LogP contribution is -2.17. The average molecular weight is 178 g/mol. The molecule has 2 N–H and O–H groups in total. The molecule has 0 radical (unpaired) electrons. The third-order valence-electron chi connectivity index (χ3n) is 1.89. The number of oxime groups is 1. The molecule has 0 spiro atoms. The molecule has 0 saturated carbocycles. The van der Waals surface area contributed by atoms with E-state index >= 15 is 0 Å². The van der Waals surface area contributed by atoms with Crippen molar-refractivity contribution in [3.05, 3.63) is 23.8 Å². The van der Waals surface area contributed by atoms with E-state index in [0.29, 0.717) is 6.61 Å². The van der Waals surface area contributed by atoms with Crippen molar-refractivity contribution in [2.24, 2.45) is 5.16 Å². The molecule has 0 atom stereocenters. The van der Waals surface area contributed by atoms with Gasteiger partial charge >= 0.3 is 0 Å². The molecule has 0 bridgehead atoms. The van der Waals surface area contributed by atoms with Gasteiger partial charge in [0.05, 0.1) is 11.9 Å². The molecule has 1 aromatic carbocycles. The van der Waals surface area contributed by atoms with Gasteiger partial charge in [-0.3, -0.25) is 0 Å². The van der Waals surface area contributed by atoms with Gasteiger partial charge in [0.15, 0.2) is 0 Å². The van der Waals surface area contributed by atoms with E-state index < -0.39 is 0 Å². The maximum atomic E-state index is 8.34. The van der Waals surface area contributed by atoms with E-state index in [0.717, 1.165) is 23.5 Å². The van der Waals surface area contributed by atoms with E-state index in [1.165, 1.54) is 6.21 Å². The molecular formula is C9H10N2O2. The van der Waals surface area contributed by atoms with Crippen LogP contribution in [-0.2, 0) is 0 Å². The monoisotopic (exact) mass is 178 g/mol. The first-order valence-corrected chi connectivity index (χ1v) is 4.08. The molecule has 1 aliphatic heterocycles. The lowest BCUT2D eigenvalue weighted by Gasteiger charge is -2.18. The molecule has 1 aromatic rings. The molecular weight excluding hydrogens is 168 g/mol. The van der Waals surface area contributed by atoms with Gasteiger partial charge in [0.2, 0.25) is 0 Å². The minimum Gasteiger partial charge on any atom is -0.490 e. The molecule has 68 valence electrons. The summed E-state index contributed by atoms with van der Waals surface area (Å²) in [6.07, 6.45) is 1.37. The Kier molecular flexibility index (Phi) is 2.04. The van der Waals surface area contributed by atoms with Crippen LogP contribution in [0.15, 0.2) is 23.4 Å². The van der Waals surface area contributed by atoms with Crippen molar-refractivity contribution < 1.29 is 9.94 Å².